The van der Waals surface area contributed by atoms with Crippen molar-refractivity contribution in [1.82, 2.24) is 4.90 Å². The molecule has 25 heavy (non-hydrogen) atoms. The second kappa shape index (κ2) is 7.25. The van der Waals surface area contributed by atoms with Gasteiger partial charge in [0.05, 0.1) is 10.9 Å². The maximum absolute atomic E-state index is 13.0. The number of nitrogens with zero attached hydrogens (tertiary/aromatic N) is 1. The normalized spacial score (nSPS) is 26.0. The fourth-order valence-corrected chi connectivity index (χ4v) is 5.43. The lowest BCUT2D eigenvalue weighted by Gasteiger charge is -2.47. The Morgan fingerprint density at radius 1 is 1.28 bits per heavy atom. The molecule has 3 saturated heterocycles. The van der Waals surface area contributed by atoms with Crippen LogP contribution in [0.2, 0.25) is 0 Å². The Hall–Kier alpha value is -1.11. The third-order valence-corrected chi connectivity index (χ3v) is 7.00. The van der Waals surface area contributed by atoms with Gasteiger partial charge >= 0.3 is 0 Å². The van der Waals surface area contributed by atoms with Crippen LogP contribution in [0.4, 0.5) is 4.39 Å². The maximum atomic E-state index is 13.0. The number of amides is 1. The molecule has 3 aliphatic heterocycles. The van der Waals surface area contributed by atoms with Gasteiger partial charge in [0.1, 0.15) is 5.82 Å². The van der Waals surface area contributed by atoms with Crippen molar-refractivity contribution in [3.8, 4) is 0 Å². The molecule has 4 rings (SSSR count). The number of carbonyl (C=O) groups excluding carboxylic acids is 1. The zero-order valence-corrected chi connectivity index (χ0v) is 15.1. The fraction of sp³-hybridized carbons (Fsp3) is 0.632. The molecule has 136 valence electrons. The van der Waals surface area contributed by atoms with E-state index in [-0.39, 0.29) is 16.5 Å². The van der Waals surface area contributed by atoms with E-state index in [4.69, 9.17) is 9.47 Å². The Balaban J connectivity index is 1.24. The molecule has 1 atom stereocenters. The van der Waals surface area contributed by atoms with E-state index < -0.39 is 0 Å². The first kappa shape index (κ1) is 17.3. The van der Waals surface area contributed by atoms with Crippen LogP contribution in [0.25, 0.3) is 0 Å². The number of halogens is 1. The van der Waals surface area contributed by atoms with Crippen LogP contribution >= 0.6 is 11.8 Å². The standard InChI is InChI=1S/C19H24FNO3S/c20-16-3-1-15(2-4-16)18(22)21-12-19(13-21)9-17(11-25-19)24-10-14-5-7-23-8-6-14/h1-4,14,17H,5-13H2/t17-/m1/s1. The van der Waals surface area contributed by atoms with E-state index in [1.165, 1.54) is 12.1 Å². The first-order valence-corrected chi connectivity index (χ1v) is 10.0. The largest absolute Gasteiger partial charge is 0.381 e. The van der Waals surface area contributed by atoms with Crippen molar-refractivity contribution in [2.45, 2.75) is 30.1 Å². The van der Waals surface area contributed by atoms with Gasteiger partial charge in [0.2, 0.25) is 0 Å². The lowest BCUT2D eigenvalue weighted by atomic mass is 9.92. The van der Waals surface area contributed by atoms with Gasteiger partial charge in [-0.15, -0.1) is 11.8 Å². The van der Waals surface area contributed by atoms with E-state index in [1.807, 2.05) is 16.7 Å². The minimum Gasteiger partial charge on any atom is -0.381 e. The highest BCUT2D eigenvalue weighted by molar-refractivity contribution is 8.01. The third-order valence-electron chi connectivity index (χ3n) is 5.42. The minimum absolute atomic E-state index is 0.00204. The first-order valence-electron chi connectivity index (χ1n) is 9.02. The Bertz CT molecular complexity index is 612. The summed E-state index contributed by atoms with van der Waals surface area (Å²) in [5.41, 5.74) is 0.562. The summed E-state index contributed by atoms with van der Waals surface area (Å²) in [6.45, 7) is 4.09. The van der Waals surface area contributed by atoms with E-state index in [1.54, 1.807) is 12.1 Å². The second-order valence-corrected chi connectivity index (χ2v) is 8.87. The van der Waals surface area contributed by atoms with Crippen LogP contribution in [0.3, 0.4) is 0 Å². The predicted octanol–water partition coefficient (Wildman–Crippen LogP) is 2.97. The van der Waals surface area contributed by atoms with Crippen molar-refractivity contribution >= 4 is 17.7 Å². The van der Waals surface area contributed by atoms with Gasteiger partial charge in [0, 0.05) is 44.2 Å². The van der Waals surface area contributed by atoms with Crippen molar-refractivity contribution < 1.29 is 18.7 Å². The summed E-state index contributed by atoms with van der Waals surface area (Å²) in [5, 5.41) is 0. The second-order valence-electron chi connectivity index (χ2n) is 7.38. The van der Waals surface area contributed by atoms with Crippen LogP contribution in [-0.4, -0.2) is 60.3 Å². The van der Waals surface area contributed by atoms with E-state index in [2.05, 4.69) is 0 Å². The Morgan fingerprint density at radius 3 is 2.72 bits per heavy atom. The zero-order chi connectivity index (χ0) is 17.3. The zero-order valence-electron chi connectivity index (χ0n) is 14.3. The highest BCUT2D eigenvalue weighted by Gasteiger charge is 2.51. The lowest BCUT2D eigenvalue weighted by Crippen LogP contribution is -2.60. The van der Waals surface area contributed by atoms with Gasteiger partial charge in [-0.25, -0.2) is 4.39 Å². The number of ether oxygens (including phenoxy) is 2. The van der Waals surface area contributed by atoms with Gasteiger partial charge in [0.15, 0.2) is 0 Å². The molecular weight excluding hydrogens is 341 g/mol. The molecule has 0 aromatic heterocycles. The molecule has 0 radical (unpaired) electrons. The molecule has 0 aliphatic carbocycles. The summed E-state index contributed by atoms with van der Waals surface area (Å²) in [7, 11) is 0. The molecule has 6 heteroatoms. The molecule has 1 aromatic rings. The van der Waals surface area contributed by atoms with E-state index in [0.717, 1.165) is 57.9 Å². The molecule has 4 nitrogen and oxygen atoms in total. The van der Waals surface area contributed by atoms with E-state index in [9.17, 15) is 9.18 Å². The monoisotopic (exact) mass is 365 g/mol. The quantitative estimate of drug-likeness (QED) is 0.822. The molecule has 0 bridgehead atoms. The maximum Gasteiger partial charge on any atom is 0.253 e. The van der Waals surface area contributed by atoms with Gasteiger partial charge in [0.25, 0.3) is 5.91 Å². The van der Waals surface area contributed by atoms with Crippen LogP contribution in [0.15, 0.2) is 24.3 Å². The number of hydrogen-bond acceptors (Lipinski definition) is 4. The SMILES string of the molecule is O=C(c1ccc(F)cc1)N1CC2(C[C@@H](OCC3CCOCC3)CS2)C1. The average Bonchev–Trinajstić information content (AvgIpc) is 3.04. The number of hydrogen-bond donors (Lipinski definition) is 0. The van der Waals surface area contributed by atoms with Crippen LogP contribution in [0, 0.1) is 11.7 Å². The van der Waals surface area contributed by atoms with Crippen LogP contribution in [-0.2, 0) is 9.47 Å². The van der Waals surface area contributed by atoms with Gasteiger partial charge in [-0.1, -0.05) is 0 Å². The first-order chi connectivity index (χ1) is 12.1. The Morgan fingerprint density at radius 2 is 2.00 bits per heavy atom. The minimum atomic E-state index is -0.313. The summed E-state index contributed by atoms with van der Waals surface area (Å²) in [4.78, 5) is 14.3. The van der Waals surface area contributed by atoms with Crippen molar-refractivity contribution in [2.24, 2.45) is 5.92 Å². The van der Waals surface area contributed by atoms with Gasteiger partial charge in [-0.2, -0.15) is 0 Å². The highest BCUT2D eigenvalue weighted by Crippen LogP contribution is 2.46. The Labute approximate surface area is 152 Å². The molecular formula is C19H24FNO3S. The molecule has 3 heterocycles. The number of carbonyl (C=O) groups is 1. The fourth-order valence-electron chi connectivity index (χ4n) is 3.88. The summed E-state index contributed by atoms with van der Waals surface area (Å²) >= 11 is 1.94. The predicted molar refractivity (Wildman–Crippen MR) is 95.4 cm³/mol. The summed E-state index contributed by atoms with van der Waals surface area (Å²) in [5.74, 6) is 1.33. The third kappa shape index (κ3) is 3.86. The van der Waals surface area contributed by atoms with Crippen LogP contribution in [0.1, 0.15) is 29.6 Å². The van der Waals surface area contributed by atoms with Crippen molar-refractivity contribution in [3.05, 3.63) is 35.6 Å². The van der Waals surface area contributed by atoms with Crippen molar-refractivity contribution in [1.29, 1.82) is 0 Å². The summed E-state index contributed by atoms with van der Waals surface area (Å²) in [6.07, 6.45) is 3.53. The van der Waals surface area contributed by atoms with Crippen LogP contribution in [0.5, 0.6) is 0 Å². The van der Waals surface area contributed by atoms with Gasteiger partial charge in [-0.3, -0.25) is 4.79 Å². The molecule has 0 saturated carbocycles. The molecule has 1 spiro atoms. The topological polar surface area (TPSA) is 38.8 Å². The molecule has 3 fully saturated rings. The molecule has 3 aliphatic rings. The molecule has 0 unspecified atom stereocenters. The van der Waals surface area contributed by atoms with Crippen LogP contribution < -0.4 is 0 Å². The number of benzene rings is 1. The Kier molecular flexibility index (Phi) is 5.02. The van der Waals surface area contributed by atoms with E-state index in [0.29, 0.717) is 17.6 Å². The molecule has 0 N–H and O–H groups in total. The highest BCUT2D eigenvalue weighted by atomic mass is 32.2. The molecule has 1 amide bonds. The lowest BCUT2D eigenvalue weighted by molar-refractivity contribution is -0.0118. The average molecular weight is 365 g/mol. The number of thioether (sulfide) groups is 1. The summed E-state index contributed by atoms with van der Waals surface area (Å²) in [6, 6.07) is 5.80. The number of rotatable bonds is 4. The van der Waals surface area contributed by atoms with Crippen molar-refractivity contribution in [2.75, 3.05) is 38.7 Å². The van der Waals surface area contributed by atoms with Gasteiger partial charge < -0.3 is 14.4 Å². The van der Waals surface area contributed by atoms with Gasteiger partial charge in [-0.05, 0) is 49.4 Å². The summed E-state index contributed by atoms with van der Waals surface area (Å²) < 4.78 is 24.7. The number of likely N-dealkylation sites (tertiary alicyclic amines) is 1. The molecule has 1 aromatic carbocycles. The van der Waals surface area contributed by atoms with E-state index >= 15 is 0 Å². The smallest absolute Gasteiger partial charge is 0.253 e. The van der Waals surface area contributed by atoms with Crippen molar-refractivity contribution in [3.63, 3.8) is 0 Å².